The summed E-state index contributed by atoms with van der Waals surface area (Å²) in [6, 6.07) is 13.7. The number of para-hydroxylation sites is 2. The molecule has 2 N–H and O–H groups in total. The predicted octanol–water partition coefficient (Wildman–Crippen LogP) is 3.36. The molecule has 2 amide bonds. The van der Waals surface area contributed by atoms with Crippen LogP contribution in [-0.4, -0.2) is 68.3 Å². The molecule has 0 atom stereocenters. The van der Waals surface area contributed by atoms with Crippen LogP contribution in [0.1, 0.15) is 11.1 Å². The Morgan fingerprint density at radius 1 is 0.676 bits per heavy atom. The second-order valence-electron chi connectivity index (χ2n) is 7.71. The zero-order valence-corrected chi connectivity index (χ0v) is 19.6. The third kappa shape index (κ3) is 4.59. The number of aliphatic imine (C=N–C) groups is 2. The third-order valence-corrected chi connectivity index (χ3v) is 7.57. The Kier molecular flexibility index (Phi) is 6.16. The molecule has 2 aromatic carbocycles. The van der Waals surface area contributed by atoms with E-state index in [-0.39, 0.29) is 23.3 Å². The Morgan fingerprint density at radius 3 is 1.44 bits per heavy atom. The number of rotatable bonds is 2. The highest BCUT2D eigenvalue weighted by Gasteiger charge is 2.32. The quantitative estimate of drug-likeness (QED) is 0.615. The van der Waals surface area contributed by atoms with Crippen LogP contribution in [0.4, 0.5) is 0 Å². The summed E-state index contributed by atoms with van der Waals surface area (Å²) in [4.78, 5) is 38.2. The molecule has 3 aliphatic heterocycles. The number of carbonyl (C=O) groups excluding carboxylic acids is 2. The lowest BCUT2D eigenvalue weighted by atomic mass is 10.2. The van der Waals surface area contributed by atoms with Crippen LogP contribution in [0.25, 0.3) is 12.2 Å². The monoisotopic (exact) mass is 492 g/mol. The van der Waals surface area contributed by atoms with Crippen LogP contribution < -0.4 is 0 Å². The molecule has 0 aliphatic carbocycles. The van der Waals surface area contributed by atoms with Crippen LogP contribution in [0.2, 0.25) is 0 Å². The molecular formula is C24H20N4O4S2. The Hall–Kier alpha value is -3.50. The molecule has 0 aromatic heterocycles. The van der Waals surface area contributed by atoms with E-state index in [4.69, 9.17) is 0 Å². The van der Waals surface area contributed by atoms with Gasteiger partial charge in [0.15, 0.2) is 10.3 Å². The summed E-state index contributed by atoms with van der Waals surface area (Å²) in [7, 11) is 0. The number of hydrogen-bond acceptors (Lipinski definition) is 8. The molecule has 0 bridgehead atoms. The van der Waals surface area contributed by atoms with E-state index in [1.807, 2.05) is 9.80 Å². The number of amidine groups is 2. The molecule has 10 heteroatoms. The molecule has 2 aromatic rings. The highest BCUT2D eigenvalue weighted by atomic mass is 32.2. The molecular weight excluding hydrogens is 472 g/mol. The number of thioether (sulfide) groups is 2. The summed E-state index contributed by atoms with van der Waals surface area (Å²) in [5.41, 5.74) is 1.15. The van der Waals surface area contributed by atoms with E-state index in [9.17, 15) is 19.8 Å². The minimum Gasteiger partial charge on any atom is -0.507 e. The Bertz CT molecular complexity index is 1190. The fourth-order valence-corrected chi connectivity index (χ4v) is 5.57. The van der Waals surface area contributed by atoms with Crippen molar-refractivity contribution in [1.29, 1.82) is 0 Å². The van der Waals surface area contributed by atoms with Crippen molar-refractivity contribution in [2.75, 3.05) is 26.2 Å². The molecule has 172 valence electrons. The molecule has 3 heterocycles. The zero-order valence-electron chi connectivity index (χ0n) is 17.9. The predicted molar refractivity (Wildman–Crippen MR) is 135 cm³/mol. The van der Waals surface area contributed by atoms with Gasteiger partial charge in [0, 0.05) is 37.3 Å². The van der Waals surface area contributed by atoms with Crippen LogP contribution >= 0.6 is 23.5 Å². The fraction of sp³-hybridized carbons (Fsp3) is 0.167. The number of amides is 2. The lowest BCUT2D eigenvalue weighted by Gasteiger charge is -2.35. The van der Waals surface area contributed by atoms with Crippen molar-refractivity contribution in [3.8, 4) is 11.5 Å². The third-order valence-electron chi connectivity index (χ3n) is 5.49. The van der Waals surface area contributed by atoms with Gasteiger partial charge in [-0.05, 0) is 47.8 Å². The second-order valence-corrected chi connectivity index (χ2v) is 9.73. The molecule has 0 spiro atoms. The topological polar surface area (TPSA) is 106 Å². The average Bonchev–Trinajstić information content (AvgIpc) is 3.39. The average molecular weight is 493 g/mol. The molecule has 1 saturated heterocycles. The second kappa shape index (κ2) is 9.40. The van der Waals surface area contributed by atoms with Gasteiger partial charge in [0.2, 0.25) is 0 Å². The Labute approximate surface area is 204 Å². The summed E-state index contributed by atoms with van der Waals surface area (Å²) in [5, 5.41) is 21.2. The van der Waals surface area contributed by atoms with E-state index in [2.05, 4.69) is 9.98 Å². The first-order chi connectivity index (χ1) is 16.5. The maximum absolute atomic E-state index is 12.4. The van der Waals surface area contributed by atoms with E-state index in [0.717, 1.165) is 0 Å². The van der Waals surface area contributed by atoms with Gasteiger partial charge in [0.1, 0.15) is 11.5 Å². The SMILES string of the molecule is O=C1N=C(N2CCN(C3=NC(=O)/C(=C\c4ccccc4O)S3)CC2)S/C1=C/c1ccccc1O. The molecule has 8 nitrogen and oxygen atoms in total. The van der Waals surface area contributed by atoms with Gasteiger partial charge in [0.25, 0.3) is 11.8 Å². The van der Waals surface area contributed by atoms with E-state index < -0.39 is 0 Å². The van der Waals surface area contributed by atoms with Crippen molar-refractivity contribution in [2.45, 2.75) is 0 Å². The number of phenolic OH excluding ortho intramolecular Hbond substituents is 2. The van der Waals surface area contributed by atoms with Gasteiger partial charge in [-0.15, -0.1) is 0 Å². The minimum absolute atomic E-state index is 0.116. The van der Waals surface area contributed by atoms with Crippen molar-refractivity contribution >= 4 is 57.8 Å². The van der Waals surface area contributed by atoms with Gasteiger partial charge in [-0.25, -0.2) is 0 Å². The minimum atomic E-state index is -0.314. The number of piperazine rings is 1. The Balaban J connectivity index is 1.20. The fourth-order valence-electron chi connectivity index (χ4n) is 3.66. The molecule has 0 unspecified atom stereocenters. The number of benzene rings is 2. The number of carbonyl (C=O) groups is 2. The van der Waals surface area contributed by atoms with Crippen LogP contribution in [0.3, 0.4) is 0 Å². The van der Waals surface area contributed by atoms with E-state index >= 15 is 0 Å². The summed E-state index contributed by atoms with van der Waals surface area (Å²) in [5.74, 6) is -0.395. The highest BCUT2D eigenvalue weighted by Crippen LogP contribution is 2.34. The van der Waals surface area contributed by atoms with Gasteiger partial charge >= 0.3 is 0 Å². The van der Waals surface area contributed by atoms with E-state index in [1.54, 1.807) is 60.7 Å². The smallest absolute Gasteiger partial charge is 0.286 e. The van der Waals surface area contributed by atoms with Crippen LogP contribution in [0, 0.1) is 0 Å². The summed E-state index contributed by atoms with van der Waals surface area (Å²) < 4.78 is 0. The summed E-state index contributed by atoms with van der Waals surface area (Å²) >= 11 is 2.60. The van der Waals surface area contributed by atoms with Gasteiger partial charge in [-0.2, -0.15) is 9.98 Å². The van der Waals surface area contributed by atoms with Crippen LogP contribution in [-0.2, 0) is 9.59 Å². The molecule has 3 aliphatic rings. The number of aromatic hydroxyl groups is 2. The molecule has 0 radical (unpaired) electrons. The lowest BCUT2D eigenvalue weighted by Crippen LogP contribution is -2.49. The molecule has 5 rings (SSSR count). The van der Waals surface area contributed by atoms with Gasteiger partial charge in [-0.3, -0.25) is 9.59 Å². The van der Waals surface area contributed by atoms with Crippen LogP contribution in [0.15, 0.2) is 68.3 Å². The number of hydrogen-bond donors (Lipinski definition) is 2. The largest absolute Gasteiger partial charge is 0.507 e. The first-order valence-corrected chi connectivity index (χ1v) is 12.2. The van der Waals surface area contributed by atoms with Crippen molar-refractivity contribution in [3.05, 3.63) is 69.5 Å². The standard InChI is InChI=1S/C24H20N4O4S2/c29-17-7-3-1-5-15(17)13-19-21(31)25-23(33-19)27-9-11-28(12-10-27)24-26-22(32)20(34-24)14-16-6-2-4-8-18(16)30/h1-8,13-14,29-30H,9-12H2/b19-13+,20-14+. The molecule has 1 fully saturated rings. The van der Waals surface area contributed by atoms with Crippen LogP contribution in [0.5, 0.6) is 11.5 Å². The molecule has 0 saturated carbocycles. The van der Waals surface area contributed by atoms with Crippen molar-refractivity contribution < 1.29 is 19.8 Å². The highest BCUT2D eigenvalue weighted by molar-refractivity contribution is 8.18. The van der Waals surface area contributed by atoms with Crippen molar-refractivity contribution in [2.24, 2.45) is 9.98 Å². The number of phenols is 2. The first-order valence-electron chi connectivity index (χ1n) is 10.6. The van der Waals surface area contributed by atoms with Crippen molar-refractivity contribution in [1.82, 2.24) is 9.80 Å². The summed E-state index contributed by atoms with van der Waals surface area (Å²) in [6.07, 6.45) is 3.31. The zero-order chi connectivity index (χ0) is 23.7. The van der Waals surface area contributed by atoms with E-state index in [1.165, 1.54) is 23.5 Å². The summed E-state index contributed by atoms with van der Waals surface area (Å²) in [6.45, 7) is 2.54. The lowest BCUT2D eigenvalue weighted by molar-refractivity contribution is -0.114. The normalized spacial score (nSPS) is 20.9. The maximum atomic E-state index is 12.4. The first kappa shape index (κ1) is 22.3. The Morgan fingerprint density at radius 2 is 1.06 bits per heavy atom. The van der Waals surface area contributed by atoms with E-state index in [0.29, 0.717) is 57.5 Å². The van der Waals surface area contributed by atoms with Crippen molar-refractivity contribution in [3.63, 3.8) is 0 Å². The maximum Gasteiger partial charge on any atom is 0.286 e. The van der Waals surface area contributed by atoms with Gasteiger partial charge in [-0.1, -0.05) is 36.4 Å². The number of nitrogens with zero attached hydrogens (tertiary/aromatic N) is 4. The molecule has 34 heavy (non-hydrogen) atoms. The van der Waals surface area contributed by atoms with Gasteiger partial charge in [0.05, 0.1) is 9.81 Å². The van der Waals surface area contributed by atoms with Gasteiger partial charge < -0.3 is 20.0 Å².